The maximum absolute atomic E-state index is 14.2. The van der Waals surface area contributed by atoms with E-state index in [9.17, 15) is 19.3 Å². The van der Waals surface area contributed by atoms with E-state index in [4.69, 9.17) is 4.74 Å². The van der Waals surface area contributed by atoms with Crippen molar-refractivity contribution in [2.75, 3.05) is 0 Å². The van der Waals surface area contributed by atoms with E-state index in [2.05, 4.69) is 15.4 Å². The fourth-order valence-corrected chi connectivity index (χ4v) is 2.26. The first-order valence-corrected chi connectivity index (χ1v) is 7.89. The summed E-state index contributed by atoms with van der Waals surface area (Å²) in [5, 5.41) is 22.3. The molecule has 138 valence electrons. The minimum Gasteiger partial charge on any atom is -0.436 e. The van der Waals surface area contributed by atoms with E-state index in [1.807, 2.05) is 0 Å². The Morgan fingerprint density at radius 1 is 1.19 bits per heavy atom. The van der Waals surface area contributed by atoms with E-state index < -0.39 is 23.3 Å². The highest BCUT2D eigenvalue weighted by Crippen LogP contribution is 2.22. The largest absolute Gasteiger partial charge is 0.436 e. The predicted molar refractivity (Wildman–Crippen MR) is 91.0 cm³/mol. The number of hydrogen-bond donors (Lipinski definition) is 0. The Bertz CT molecular complexity index is 945. The Kier molecular flexibility index (Phi) is 5.15. The van der Waals surface area contributed by atoms with Crippen LogP contribution in [0, 0.1) is 10.1 Å². The quantitative estimate of drug-likeness (QED) is 0.372. The molecular weight excluding hydrogens is 357 g/mol. The van der Waals surface area contributed by atoms with Crippen molar-refractivity contribution in [3.63, 3.8) is 0 Å². The van der Waals surface area contributed by atoms with Gasteiger partial charge in [0.25, 0.3) is 5.69 Å². The molecule has 3 rings (SSSR count). The molecule has 0 aliphatic carbocycles. The molecule has 3 aromatic rings. The summed E-state index contributed by atoms with van der Waals surface area (Å²) in [6.07, 6.45) is -2.91. The Morgan fingerprint density at radius 3 is 2.48 bits per heavy atom. The number of halogens is 1. The summed E-state index contributed by atoms with van der Waals surface area (Å²) < 4.78 is 19.2. The second-order valence-electron chi connectivity index (χ2n) is 5.55. The number of aromatic nitrogens is 4. The third-order valence-electron chi connectivity index (χ3n) is 3.68. The van der Waals surface area contributed by atoms with Gasteiger partial charge in [0.05, 0.1) is 4.92 Å². The normalized spacial score (nSPS) is 13.0. The van der Waals surface area contributed by atoms with Gasteiger partial charge in [-0.2, -0.15) is 0 Å². The van der Waals surface area contributed by atoms with Crippen molar-refractivity contribution in [1.29, 1.82) is 0 Å². The number of benzene rings is 2. The van der Waals surface area contributed by atoms with Gasteiger partial charge in [0.1, 0.15) is 0 Å². The van der Waals surface area contributed by atoms with Crippen molar-refractivity contribution in [1.82, 2.24) is 20.2 Å². The molecule has 0 saturated carbocycles. The highest BCUT2D eigenvalue weighted by molar-refractivity contribution is 5.76. The van der Waals surface area contributed by atoms with Crippen molar-refractivity contribution < 1.29 is 18.8 Å². The number of rotatable bonds is 6. The number of esters is 1. The second-order valence-corrected chi connectivity index (χ2v) is 5.55. The van der Waals surface area contributed by atoms with Crippen molar-refractivity contribution in [2.45, 2.75) is 19.3 Å². The smallest absolute Gasteiger partial charge is 0.347 e. The Labute approximate surface area is 152 Å². The number of carbonyl (C=O) groups excluding carboxylic acids is 1. The molecule has 1 heterocycles. The number of carbonyl (C=O) groups is 1. The van der Waals surface area contributed by atoms with Crippen LogP contribution in [0.5, 0.6) is 0 Å². The number of nitro groups is 1. The molecule has 2 atom stereocenters. The molecule has 0 aliphatic heterocycles. The van der Waals surface area contributed by atoms with Crippen LogP contribution in [0.3, 0.4) is 0 Å². The van der Waals surface area contributed by atoms with Gasteiger partial charge < -0.3 is 4.74 Å². The molecule has 0 spiro atoms. The first-order valence-electron chi connectivity index (χ1n) is 7.89. The summed E-state index contributed by atoms with van der Waals surface area (Å²) in [7, 11) is 0. The van der Waals surface area contributed by atoms with E-state index in [0.29, 0.717) is 5.56 Å². The van der Waals surface area contributed by atoms with Gasteiger partial charge in [0.2, 0.25) is 18.2 Å². The first-order chi connectivity index (χ1) is 13.0. The molecule has 27 heavy (non-hydrogen) atoms. The number of non-ortho nitro benzene ring substituents is 1. The van der Waals surface area contributed by atoms with Crippen LogP contribution in [0.2, 0.25) is 0 Å². The minimum absolute atomic E-state index is 0.0664. The summed E-state index contributed by atoms with van der Waals surface area (Å²) in [5.41, 5.74) is 0.620. The van der Waals surface area contributed by atoms with Crippen LogP contribution in [0.1, 0.15) is 24.9 Å². The van der Waals surface area contributed by atoms with Gasteiger partial charge in [-0.25, -0.2) is 9.18 Å². The molecule has 0 saturated heterocycles. The van der Waals surface area contributed by atoms with Crippen LogP contribution in [-0.4, -0.2) is 31.1 Å². The number of ether oxygens (including phenoxy) is 1. The van der Waals surface area contributed by atoms with Crippen molar-refractivity contribution in [2.24, 2.45) is 0 Å². The molecule has 0 N–H and O–H groups in total. The molecule has 0 bridgehead atoms. The van der Waals surface area contributed by atoms with Gasteiger partial charge in [-0.1, -0.05) is 30.3 Å². The topological polar surface area (TPSA) is 113 Å². The van der Waals surface area contributed by atoms with Crippen LogP contribution in [0.25, 0.3) is 11.4 Å². The van der Waals surface area contributed by atoms with Gasteiger partial charge >= 0.3 is 5.97 Å². The van der Waals surface area contributed by atoms with Crippen molar-refractivity contribution in [3.05, 3.63) is 70.3 Å². The lowest BCUT2D eigenvalue weighted by Crippen LogP contribution is -2.20. The Morgan fingerprint density at radius 2 is 1.85 bits per heavy atom. The van der Waals surface area contributed by atoms with E-state index >= 15 is 0 Å². The zero-order valence-corrected chi connectivity index (χ0v) is 14.1. The fraction of sp³-hybridized carbons (Fsp3) is 0.176. The van der Waals surface area contributed by atoms with Crippen LogP contribution >= 0.6 is 0 Å². The van der Waals surface area contributed by atoms with Gasteiger partial charge in [-0.15, -0.1) is 15.0 Å². The predicted octanol–water partition coefficient (Wildman–Crippen LogP) is 3.02. The molecule has 10 heteroatoms. The highest BCUT2D eigenvalue weighted by Gasteiger charge is 2.24. The molecular formula is C17H14FN5O4. The van der Waals surface area contributed by atoms with Gasteiger partial charge in [-0.3, -0.25) is 10.1 Å². The molecule has 1 aromatic heterocycles. The summed E-state index contributed by atoms with van der Waals surface area (Å²) in [5.74, 6) is -0.879. The Hall–Kier alpha value is -3.69. The maximum atomic E-state index is 14.2. The average molecular weight is 371 g/mol. The zero-order valence-electron chi connectivity index (χ0n) is 14.1. The number of nitrogens with zero attached hydrogens (tertiary/aromatic N) is 5. The summed E-state index contributed by atoms with van der Waals surface area (Å²) in [6.45, 7) is 1.47. The molecule has 9 nitrogen and oxygen atoms in total. The zero-order chi connectivity index (χ0) is 19.4. The molecule has 0 aliphatic rings. The van der Waals surface area contributed by atoms with Gasteiger partial charge in [-0.05, 0) is 29.8 Å². The second kappa shape index (κ2) is 7.68. The summed E-state index contributed by atoms with van der Waals surface area (Å²) in [4.78, 5) is 23.1. The molecule has 0 radical (unpaired) electrons. The molecule has 0 fully saturated rings. The van der Waals surface area contributed by atoms with Crippen molar-refractivity contribution in [3.8, 4) is 11.4 Å². The number of tetrazole rings is 1. The standard InChI is InChI=1S/C17H14FN5O4/c1-11(27-17(24)15(18)12-5-3-2-4-6-12)22-20-16(19-21-22)13-7-9-14(10-8-13)23(25)26/h2-11,15H,1H3/t11-,15+/m1/s1. The third-order valence-corrected chi connectivity index (χ3v) is 3.68. The van der Waals surface area contributed by atoms with Gasteiger partial charge in [0.15, 0.2) is 0 Å². The first kappa shape index (κ1) is 18.1. The van der Waals surface area contributed by atoms with Crippen LogP contribution in [0.15, 0.2) is 54.6 Å². The van der Waals surface area contributed by atoms with Crippen LogP contribution in [-0.2, 0) is 9.53 Å². The maximum Gasteiger partial charge on any atom is 0.347 e. The molecule has 0 amide bonds. The monoisotopic (exact) mass is 371 g/mol. The number of hydrogen-bond acceptors (Lipinski definition) is 7. The number of nitro benzene ring substituents is 1. The fourth-order valence-electron chi connectivity index (χ4n) is 2.26. The summed E-state index contributed by atoms with van der Waals surface area (Å²) >= 11 is 0. The average Bonchev–Trinajstić information content (AvgIpc) is 3.18. The van der Waals surface area contributed by atoms with Crippen molar-refractivity contribution >= 4 is 11.7 Å². The highest BCUT2D eigenvalue weighted by atomic mass is 19.1. The van der Waals surface area contributed by atoms with E-state index in [1.165, 1.54) is 43.3 Å². The lowest BCUT2D eigenvalue weighted by atomic mass is 10.1. The SMILES string of the molecule is C[C@@H](OC(=O)[C@@H](F)c1ccccc1)n1nnc(-c2ccc([N+](=O)[O-])cc2)n1. The lowest BCUT2D eigenvalue weighted by molar-refractivity contribution is -0.384. The van der Waals surface area contributed by atoms with E-state index in [1.54, 1.807) is 18.2 Å². The molecule has 0 unspecified atom stereocenters. The lowest BCUT2D eigenvalue weighted by Gasteiger charge is -2.13. The van der Waals surface area contributed by atoms with Crippen LogP contribution < -0.4 is 0 Å². The van der Waals surface area contributed by atoms with E-state index in [-0.39, 0.29) is 17.1 Å². The number of alkyl halides is 1. The minimum atomic E-state index is -1.92. The third kappa shape index (κ3) is 4.11. The molecule has 2 aromatic carbocycles. The van der Waals surface area contributed by atoms with Gasteiger partial charge in [0, 0.05) is 17.7 Å². The van der Waals surface area contributed by atoms with E-state index in [0.717, 1.165) is 4.80 Å². The van der Waals surface area contributed by atoms with Crippen LogP contribution in [0.4, 0.5) is 10.1 Å². The summed E-state index contributed by atoms with van der Waals surface area (Å²) in [6, 6.07) is 13.5. The Balaban J connectivity index is 1.68.